The Hall–Kier alpha value is -3.74. The highest BCUT2D eigenvalue weighted by Gasteiger charge is 2.37. The number of rotatable bonds is 5. The first-order valence-corrected chi connectivity index (χ1v) is 11.2. The van der Waals surface area contributed by atoms with Crippen LogP contribution in [0.4, 0.5) is 0 Å². The number of hydrogen-bond donors (Lipinski definition) is 1. The summed E-state index contributed by atoms with van der Waals surface area (Å²) in [5.41, 5.74) is 5.37. The summed E-state index contributed by atoms with van der Waals surface area (Å²) in [4.78, 5) is 41.2. The lowest BCUT2D eigenvalue weighted by Gasteiger charge is -2.40. The summed E-state index contributed by atoms with van der Waals surface area (Å²) in [7, 11) is 0. The van der Waals surface area contributed by atoms with Crippen molar-refractivity contribution in [3.8, 4) is 11.1 Å². The number of carbonyl (C=O) groups is 2. The van der Waals surface area contributed by atoms with E-state index in [0.717, 1.165) is 16.7 Å². The average Bonchev–Trinajstić information content (AvgIpc) is 2.80. The largest absolute Gasteiger partial charge is 0.339 e. The fourth-order valence-electron chi connectivity index (χ4n) is 4.43. The highest BCUT2D eigenvalue weighted by Crippen LogP contribution is 2.26. The first kappa shape index (κ1) is 22.5. The lowest BCUT2D eigenvalue weighted by atomic mass is 9.94. The van der Waals surface area contributed by atoms with Crippen LogP contribution in [0.3, 0.4) is 0 Å². The Labute approximate surface area is 193 Å². The molecule has 0 bridgehead atoms. The number of amides is 2. The van der Waals surface area contributed by atoms with Crippen molar-refractivity contribution in [2.75, 3.05) is 19.6 Å². The Balaban J connectivity index is 1.65. The van der Waals surface area contributed by atoms with Crippen LogP contribution in [0.1, 0.15) is 34.1 Å². The van der Waals surface area contributed by atoms with Gasteiger partial charge in [-0.3, -0.25) is 14.4 Å². The predicted molar refractivity (Wildman–Crippen MR) is 127 cm³/mol. The zero-order valence-electron chi connectivity index (χ0n) is 19.2. The third-order valence-corrected chi connectivity index (χ3v) is 6.17. The number of hydrogen-bond acceptors (Lipinski definition) is 4. The van der Waals surface area contributed by atoms with Crippen molar-refractivity contribution < 1.29 is 9.59 Å². The molecule has 1 fully saturated rings. The standard InChI is InChI=1S/C26H28N4O3/c1-4-29-12-13-30(25(32)22-10-11-24(31)28-27-22)23(26(29)33)16-19-6-5-7-20(15-19)21-9-8-17(2)14-18(21)3/h5-11,14-15,23H,4,12-13,16H2,1-3H3,(H,28,31)/t23-/m1/s1. The van der Waals surface area contributed by atoms with Crippen molar-refractivity contribution in [1.82, 2.24) is 20.0 Å². The minimum Gasteiger partial charge on any atom is -0.339 e. The Morgan fingerprint density at radius 2 is 1.88 bits per heavy atom. The second kappa shape index (κ2) is 9.40. The Kier molecular flexibility index (Phi) is 6.40. The van der Waals surface area contributed by atoms with Gasteiger partial charge in [0, 0.05) is 32.1 Å². The molecular weight excluding hydrogens is 416 g/mol. The predicted octanol–water partition coefficient (Wildman–Crippen LogP) is 2.97. The molecular formula is C26H28N4O3. The molecule has 0 unspecified atom stereocenters. The average molecular weight is 445 g/mol. The van der Waals surface area contributed by atoms with Gasteiger partial charge in [-0.2, -0.15) is 5.10 Å². The Morgan fingerprint density at radius 1 is 1.06 bits per heavy atom. The van der Waals surface area contributed by atoms with E-state index in [4.69, 9.17) is 0 Å². The van der Waals surface area contributed by atoms with E-state index < -0.39 is 6.04 Å². The maximum absolute atomic E-state index is 13.3. The van der Waals surface area contributed by atoms with Gasteiger partial charge in [0.15, 0.2) is 0 Å². The Morgan fingerprint density at radius 3 is 2.58 bits per heavy atom. The first-order chi connectivity index (χ1) is 15.9. The molecule has 0 aliphatic carbocycles. The molecule has 1 saturated heterocycles. The van der Waals surface area contributed by atoms with Gasteiger partial charge in [-0.1, -0.05) is 48.0 Å². The van der Waals surface area contributed by atoms with Gasteiger partial charge in [0.1, 0.15) is 11.7 Å². The topological polar surface area (TPSA) is 86.4 Å². The van der Waals surface area contributed by atoms with Crippen LogP contribution in [0.2, 0.25) is 0 Å². The maximum atomic E-state index is 13.3. The molecule has 2 aromatic carbocycles. The number of H-pyrrole nitrogens is 1. The molecule has 170 valence electrons. The van der Waals surface area contributed by atoms with Crippen LogP contribution in [0, 0.1) is 13.8 Å². The van der Waals surface area contributed by atoms with Gasteiger partial charge in [-0.05, 0) is 49.1 Å². The van der Waals surface area contributed by atoms with Gasteiger partial charge in [0.2, 0.25) is 5.91 Å². The lowest BCUT2D eigenvalue weighted by Crippen LogP contribution is -2.59. The molecule has 1 aliphatic heterocycles. The molecule has 4 rings (SSSR count). The first-order valence-electron chi connectivity index (χ1n) is 11.2. The van der Waals surface area contributed by atoms with Crippen molar-refractivity contribution in [3.05, 3.63) is 87.3 Å². The number of aromatic nitrogens is 2. The van der Waals surface area contributed by atoms with Crippen molar-refractivity contribution >= 4 is 11.8 Å². The van der Waals surface area contributed by atoms with E-state index >= 15 is 0 Å². The van der Waals surface area contributed by atoms with Gasteiger partial charge < -0.3 is 9.80 Å². The van der Waals surface area contributed by atoms with Crippen LogP contribution < -0.4 is 5.56 Å². The van der Waals surface area contributed by atoms with Crippen LogP contribution in [-0.4, -0.2) is 57.5 Å². The van der Waals surface area contributed by atoms with E-state index in [1.54, 1.807) is 9.80 Å². The number of piperazine rings is 1. The summed E-state index contributed by atoms with van der Waals surface area (Å²) in [6.45, 7) is 7.60. The van der Waals surface area contributed by atoms with Crippen LogP contribution in [0.25, 0.3) is 11.1 Å². The number of aromatic amines is 1. The number of benzene rings is 2. The summed E-state index contributed by atoms with van der Waals surface area (Å²) < 4.78 is 0. The molecule has 3 aromatic rings. The SMILES string of the molecule is CCN1CCN(C(=O)c2ccc(=O)[nH]n2)[C@H](Cc2cccc(-c3ccc(C)cc3C)c2)C1=O. The van der Waals surface area contributed by atoms with Crippen molar-refractivity contribution in [2.45, 2.75) is 33.2 Å². The molecule has 0 saturated carbocycles. The van der Waals surface area contributed by atoms with Crippen LogP contribution in [0.15, 0.2) is 59.4 Å². The molecule has 7 nitrogen and oxygen atoms in total. The summed E-state index contributed by atoms with van der Waals surface area (Å²) >= 11 is 0. The molecule has 2 heterocycles. The fourth-order valence-corrected chi connectivity index (χ4v) is 4.43. The molecule has 0 radical (unpaired) electrons. The number of likely N-dealkylation sites (N-methyl/N-ethyl adjacent to an activating group) is 1. The smallest absolute Gasteiger partial charge is 0.275 e. The quantitative estimate of drug-likeness (QED) is 0.656. The fraction of sp³-hybridized carbons (Fsp3) is 0.308. The molecule has 1 aromatic heterocycles. The van der Waals surface area contributed by atoms with Crippen LogP contribution in [-0.2, 0) is 11.2 Å². The molecule has 1 atom stereocenters. The Bertz CT molecular complexity index is 1230. The van der Waals surface area contributed by atoms with E-state index in [-0.39, 0.29) is 23.1 Å². The summed E-state index contributed by atoms with van der Waals surface area (Å²) in [6.07, 6.45) is 0.406. The number of carbonyl (C=O) groups excluding carboxylic acids is 2. The van der Waals surface area contributed by atoms with E-state index in [1.807, 2.05) is 19.1 Å². The third-order valence-electron chi connectivity index (χ3n) is 6.17. The van der Waals surface area contributed by atoms with Gasteiger partial charge in [0.05, 0.1) is 0 Å². The number of aryl methyl sites for hydroxylation is 2. The minimum atomic E-state index is -0.630. The number of nitrogens with zero attached hydrogens (tertiary/aromatic N) is 3. The van der Waals surface area contributed by atoms with E-state index in [1.165, 1.54) is 23.3 Å². The third kappa shape index (κ3) is 4.72. The summed E-state index contributed by atoms with van der Waals surface area (Å²) in [5, 5.41) is 6.18. The molecule has 33 heavy (non-hydrogen) atoms. The van der Waals surface area contributed by atoms with Crippen LogP contribution in [0.5, 0.6) is 0 Å². The van der Waals surface area contributed by atoms with Crippen molar-refractivity contribution in [2.24, 2.45) is 0 Å². The summed E-state index contributed by atoms with van der Waals surface area (Å²) in [6, 6.07) is 16.5. The van der Waals surface area contributed by atoms with E-state index in [0.29, 0.717) is 26.1 Å². The van der Waals surface area contributed by atoms with E-state index in [2.05, 4.69) is 54.4 Å². The van der Waals surface area contributed by atoms with Crippen molar-refractivity contribution in [3.63, 3.8) is 0 Å². The van der Waals surface area contributed by atoms with E-state index in [9.17, 15) is 14.4 Å². The molecule has 7 heteroatoms. The van der Waals surface area contributed by atoms with Gasteiger partial charge in [-0.25, -0.2) is 5.10 Å². The molecule has 2 amide bonds. The zero-order valence-corrected chi connectivity index (χ0v) is 19.2. The second-order valence-electron chi connectivity index (χ2n) is 8.46. The second-order valence-corrected chi connectivity index (χ2v) is 8.46. The monoisotopic (exact) mass is 444 g/mol. The summed E-state index contributed by atoms with van der Waals surface area (Å²) in [5.74, 6) is -0.427. The highest BCUT2D eigenvalue weighted by molar-refractivity contribution is 5.96. The number of nitrogens with one attached hydrogen (secondary N) is 1. The van der Waals surface area contributed by atoms with Gasteiger partial charge >= 0.3 is 0 Å². The van der Waals surface area contributed by atoms with Crippen LogP contribution >= 0.6 is 0 Å². The maximum Gasteiger partial charge on any atom is 0.275 e. The normalized spacial score (nSPS) is 16.2. The van der Waals surface area contributed by atoms with Gasteiger partial charge in [0.25, 0.3) is 11.5 Å². The minimum absolute atomic E-state index is 0.0709. The molecule has 1 aliphatic rings. The van der Waals surface area contributed by atoms with Crippen molar-refractivity contribution in [1.29, 1.82) is 0 Å². The zero-order chi connectivity index (χ0) is 23.5. The molecule has 1 N–H and O–H groups in total. The highest BCUT2D eigenvalue weighted by atomic mass is 16.2. The lowest BCUT2D eigenvalue weighted by molar-refractivity contribution is -0.139. The molecule has 0 spiro atoms. The van der Waals surface area contributed by atoms with Gasteiger partial charge in [-0.15, -0.1) is 0 Å².